The maximum Gasteiger partial charge on any atom is 0.252 e. The molecular weight excluding hydrogens is 238 g/mol. The second-order valence-electron chi connectivity index (χ2n) is 4.49. The van der Waals surface area contributed by atoms with Crippen LogP contribution in [-0.2, 0) is 0 Å². The average molecular weight is 254 g/mol. The van der Waals surface area contributed by atoms with Gasteiger partial charge in [-0.2, -0.15) is 0 Å². The van der Waals surface area contributed by atoms with Crippen LogP contribution in [0.3, 0.4) is 0 Å². The largest absolute Gasteiger partial charge is 0.372 e. The van der Waals surface area contributed by atoms with Crippen LogP contribution in [0.25, 0.3) is 0 Å². The Morgan fingerprint density at radius 2 is 2.35 bits per heavy atom. The van der Waals surface area contributed by atoms with E-state index in [0.717, 1.165) is 12.5 Å². The lowest BCUT2D eigenvalue weighted by Crippen LogP contribution is -2.26. The molecule has 2 N–H and O–H groups in total. The van der Waals surface area contributed by atoms with E-state index >= 15 is 0 Å². The highest BCUT2D eigenvalue weighted by atomic mass is 35.5. The van der Waals surface area contributed by atoms with E-state index in [-0.39, 0.29) is 5.91 Å². The van der Waals surface area contributed by atoms with Crippen LogP contribution in [-0.4, -0.2) is 24.5 Å². The monoisotopic (exact) mass is 253 g/mol. The normalized spacial score (nSPS) is 22.1. The Morgan fingerprint density at radius 1 is 1.65 bits per heavy atom. The predicted molar refractivity (Wildman–Crippen MR) is 68.4 cm³/mol. The van der Waals surface area contributed by atoms with E-state index in [1.807, 2.05) is 0 Å². The third kappa shape index (κ3) is 2.88. The van der Waals surface area contributed by atoms with Crippen molar-refractivity contribution in [3.05, 3.63) is 22.8 Å². The molecule has 0 spiro atoms. The Bertz CT molecular complexity index is 436. The minimum Gasteiger partial charge on any atom is -0.372 e. The number of nitrogens with one attached hydrogen (secondary N) is 2. The fraction of sp³-hybridized carbons (Fsp3) is 0.500. The van der Waals surface area contributed by atoms with Crippen molar-refractivity contribution in [1.82, 2.24) is 10.3 Å². The molecule has 1 aromatic heterocycles. The van der Waals surface area contributed by atoms with Crippen LogP contribution in [0.1, 0.15) is 23.7 Å². The van der Waals surface area contributed by atoms with Crippen molar-refractivity contribution in [2.45, 2.75) is 13.3 Å². The predicted octanol–water partition coefficient (Wildman–Crippen LogP) is 2.16. The van der Waals surface area contributed by atoms with Gasteiger partial charge in [0.05, 0.1) is 10.6 Å². The molecule has 2 rings (SSSR count). The van der Waals surface area contributed by atoms with E-state index in [2.05, 4.69) is 22.5 Å². The minimum absolute atomic E-state index is 0.110. The summed E-state index contributed by atoms with van der Waals surface area (Å²) >= 11 is 5.97. The van der Waals surface area contributed by atoms with Gasteiger partial charge in [0.2, 0.25) is 0 Å². The number of aromatic nitrogens is 1. The van der Waals surface area contributed by atoms with Crippen LogP contribution in [0.5, 0.6) is 0 Å². The van der Waals surface area contributed by atoms with Gasteiger partial charge >= 0.3 is 0 Å². The number of nitrogens with zero attached hydrogens (tertiary/aromatic N) is 1. The number of carbonyl (C=O) groups is 1. The highest BCUT2D eigenvalue weighted by molar-refractivity contribution is 6.33. The van der Waals surface area contributed by atoms with E-state index < -0.39 is 0 Å². The van der Waals surface area contributed by atoms with Gasteiger partial charge in [0, 0.05) is 19.8 Å². The third-order valence-corrected chi connectivity index (χ3v) is 3.43. The SMILES string of the molecule is CNc1ncc(C(=O)NCC2CC2C)cc1Cl. The molecule has 1 fully saturated rings. The van der Waals surface area contributed by atoms with Gasteiger partial charge in [-0.3, -0.25) is 4.79 Å². The Balaban J connectivity index is 1.96. The summed E-state index contributed by atoms with van der Waals surface area (Å²) < 4.78 is 0. The first-order valence-corrected chi connectivity index (χ1v) is 6.11. The minimum atomic E-state index is -0.110. The van der Waals surface area contributed by atoms with Crippen molar-refractivity contribution in [1.29, 1.82) is 0 Å². The molecule has 17 heavy (non-hydrogen) atoms. The summed E-state index contributed by atoms with van der Waals surface area (Å²) in [6, 6.07) is 1.63. The summed E-state index contributed by atoms with van der Waals surface area (Å²) in [6.07, 6.45) is 2.74. The molecule has 2 unspecified atom stereocenters. The molecule has 0 bridgehead atoms. The Kier molecular flexibility index (Phi) is 3.52. The molecule has 92 valence electrons. The molecular formula is C12H16ClN3O. The second-order valence-corrected chi connectivity index (χ2v) is 4.89. The van der Waals surface area contributed by atoms with Gasteiger partial charge in [-0.15, -0.1) is 0 Å². The van der Waals surface area contributed by atoms with Crippen molar-refractivity contribution < 1.29 is 4.79 Å². The average Bonchev–Trinajstić information content (AvgIpc) is 3.02. The van der Waals surface area contributed by atoms with Gasteiger partial charge in [-0.25, -0.2) is 4.98 Å². The van der Waals surface area contributed by atoms with Gasteiger partial charge in [0.1, 0.15) is 5.82 Å². The van der Waals surface area contributed by atoms with E-state index in [4.69, 9.17) is 11.6 Å². The highest BCUT2D eigenvalue weighted by Gasteiger charge is 2.32. The van der Waals surface area contributed by atoms with Crippen molar-refractivity contribution >= 4 is 23.3 Å². The van der Waals surface area contributed by atoms with Crippen molar-refractivity contribution in [2.75, 3.05) is 18.9 Å². The lowest BCUT2D eigenvalue weighted by Gasteiger charge is -2.06. The zero-order valence-corrected chi connectivity index (χ0v) is 10.7. The molecule has 5 heteroatoms. The molecule has 1 aromatic rings. The second kappa shape index (κ2) is 4.92. The zero-order valence-electron chi connectivity index (χ0n) is 9.96. The summed E-state index contributed by atoms with van der Waals surface area (Å²) in [5, 5.41) is 6.21. The first-order chi connectivity index (χ1) is 8.11. The summed E-state index contributed by atoms with van der Waals surface area (Å²) in [7, 11) is 1.74. The van der Waals surface area contributed by atoms with Crippen LogP contribution in [0.15, 0.2) is 12.3 Å². The lowest BCUT2D eigenvalue weighted by molar-refractivity contribution is 0.0951. The summed E-state index contributed by atoms with van der Waals surface area (Å²) in [5.41, 5.74) is 0.502. The smallest absolute Gasteiger partial charge is 0.252 e. The van der Waals surface area contributed by atoms with Gasteiger partial charge in [0.25, 0.3) is 5.91 Å². The first-order valence-electron chi connectivity index (χ1n) is 5.73. The van der Waals surface area contributed by atoms with Gasteiger partial charge in [0.15, 0.2) is 0 Å². The Hall–Kier alpha value is -1.29. The van der Waals surface area contributed by atoms with Gasteiger partial charge in [-0.05, 0) is 24.3 Å². The van der Waals surface area contributed by atoms with Crippen LogP contribution in [0, 0.1) is 11.8 Å². The summed E-state index contributed by atoms with van der Waals surface area (Å²) in [6.45, 7) is 2.93. The number of halogens is 1. The maximum atomic E-state index is 11.8. The van der Waals surface area contributed by atoms with Crippen molar-refractivity contribution in [2.24, 2.45) is 11.8 Å². The van der Waals surface area contributed by atoms with E-state index in [1.165, 1.54) is 12.6 Å². The molecule has 0 aliphatic heterocycles. The number of amides is 1. The number of anilines is 1. The van der Waals surface area contributed by atoms with Gasteiger partial charge < -0.3 is 10.6 Å². The molecule has 1 aliphatic rings. The molecule has 1 amide bonds. The molecule has 0 saturated heterocycles. The fourth-order valence-electron chi connectivity index (χ4n) is 1.76. The maximum absolute atomic E-state index is 11.8. The summed E-state index contributed by atoms with van der Waals surface area (Å²) in [5.74, 6) is 1.85. The number of hydrogen-bond donors (Lipinski definition) is 2. The first kappa shape index (κ1) is 12.2. The van der Waals surface area contributed by atoms with E-state index in [0.29, 0.717) is 22.3 Å². The molecule has 2 atom stereocenters. The Labute approximate surface area is 106 Å². The van der Waals surface area contributed by atoms with Crippen LogP contribution in [0.2, 0.25) is 5.02 Å². The number of hydrogen-bond acceptors (Lipinski definition) is 3. The van der Waals surface area contributed by atoms with Crippen LogP contribution < -0.4 is 10.6 Å². The summed E-state index contributed by atoms with van der Waals surface area (Å²) in [4.78, 5) is 15.9. The van der Waals surface area contributed by atoms with E-state index in [1.54, 1.807) is 13.1 Å². The van der Waals surface area contributed by atoms with Gasteiger partial charge in [-0.1, -0.05) is 18.5 Å². The molecule has 4 nitrogen and oxygen atoms in total. The van der Waals surface area contributed by atoms with Crippen molar-refractivity contribution in [3.63, 3.8) is 0 Å². The molecule has 1 heterocycles. The third-order valence-electron chi connectivity index (χ3n) is 3.14. The van der Waals surface area contributed by atoms with Crippen molar-refractivity contribution in [3.8, 4) is 0 Å². The van der Waals surface area contributed by atoms with E-state index in [9.17, 15) is 4.79 Å². The molecule has 1 aliphatic carbocycles. The number of carbonyl (C=O) groups excluding carboxylic acids is 1. The van der Waals surface area contributed by atoms with Crippen LogP contribution in [0.4, 0.5) is 5.82 Å². The number of pyridine rings is 1. The highest BCUT2D eigenvalue weighted by Crippen LogP contribution is 2.36. The van der Waals surface area contributed by atoms with Crippen LogP contribution >= 0.6 is 11.6 Å². The number of rotatable bonds is 4. The zero-order chi connectivity index (χ0) is 12.4. The molecule has 1 saturated carbocycles. The quantitative estimate of drug-likeness (QED) is 0.865. The molecule has 0 radical (unpaired) electrons. The fourth-order valence-corrected chi connectivity index (χ4v) is 2.02. The molecule has 0 aromatic carbocycles. The Morgan fingerprint density at radius 3 is 2.88 bits per heavy atom. The standard InChI is InChI=1S/C12H16ClN3O/c1-7-3-8(7)5-16-12(17)9-4-10(13)11(14-2)15-6-9/h4,6-8H,3,5H2,1-2H3,(H,14,15)(H,16,17). The lowest BCUT2D eigenvalue weighted by atomic mass is 10.2. The topological polar surface area (TPSA) is 54.0 Å².